The van der Waals surface area contributed by atoms with Crippen LogP contribution < -0.4 is 10.2 Å². The average molecular weight is 551 g/mol. The molecule has 40 heavy (non-hydrogen) atoms. The van der Waals surface area contributed by atoms with Crippen LogP contribution in [0.25, 0.3) is 0 Å². The Morgan fingerprint density at radius 1 is 0.950 bits per heavy atom. The van der Waals surface area contributed by atoms with Gasteiger partial charge in [-0.15, -0.1) is 0 Å². The topological polar surface area (TPSA) is 69.5 Å². The van der Waals surface area contributed by atoms with Gasteiger partial charge in [-0.25, -0.2) is 18.4 Å². The molecule has 214 valence electrons. The molecule has 1 aromatic heterocycles. The molecule has 1 saturated carbocycles. The minimum Gasteiger partial charge on any atom is -0.382 e. The van der Waals surface area contributed by atoms with Crippen LogP contribution in [0.4, 0.5) is 20.2 Å². The fraction of sp³-hybridized carbons (Fsp3) is 0.548. The summed E-state index contributed by atoms with van der Waals surface area (Å²) in [6, 6.07) is 12.8. The molecule has 9 heteroatoms. The number of nitrogens with zero attached hydrogens (tertiary/aromatic N) is 5. The number of hydrogen-bond acceptors (Lipinski definition) is 6. The van der Waals surface area contributed by atoms with Crippen molar-refractivity contribution in [3.05, 3.63) is 72.3 Å². The van der Waals surface area contributed by atoms with E-state index in [4.69, 9.17) is 0 Å². The van der Waals surface area contributed by atoms with Gasteiger partial charge in [-0.05, 0) is 93.7 Å². The summed E-state index contributed by atoms with van der Waals surface area (Å²) < 4.78 is 30.0. The Balaban J connectivity index is 1.06. The van der Waals surface area contributed by atoms with Gasteiger partial charge in [0.25, 0.3) is 0 Å². The van der Waals surface area contributed by atoms with Crippen molar-refractivity contribution in [2.75, 3.05) is 42.9 Å². The number of hydrogen-bond donors (Lipinski definition) is 2. The number of nitrogens with one attached hydrogen (secondary N) is 1. The van der Waals surface area contributed by atoms with E-state index in [1.54, 1.807) is 0 Å². The lowest BCUT2D eigenvalue weighted by Crippen LogP contribution is -2.45. The highest BCUT2D eigenvalue weighted by Crippen LogP contribution is 2.45. The Morgan fingerprint density at radius 2 is 1.73 bits per heavy atom. The van der Waals surface area contributed by atoms with Crippen LogP contribution in [0.2, 0.25) is 0 Å². The molecule has 0 radical (unpaired) electrons. The van der Waals surface area contributed by atoms with Crippen molar-refractivity contribution < 1.29 is 13.9 Å². The lowest BCUT2D eigenvalue weighted by atomic mass is 9.72. The zero-order valence-electron chi connectivity index (χ0n) is 23.1. The number of halogens is 2. The molecule has 2 aliphatic heterocycles. The van der Waals surface area contributed by atoms with Crippen molar-refractivity contribution >= 4 is 11.4 Å². The van der Waals surface area contributed by atoms with Gasteiger partial charge in [-0.1, -0.05) is 6.07 Å². The zero-order chi connectivity index (χ0) is 27.6. The maximum atomic E-state index is 14.9. The van der Waals surface area contributed by atoms with E-state index in [0.29, 0.717) is 6.04 Å². The van der Waals surface area contributed by atoms with Crippen LogP contribution in [0.15, 0.2) is 55.1 Å². The molecule has 6 rings (SSSR count). The molecular weight excluding hydrogens is 510 g/mol. The van der Waals surface area contributed by atoms with Gasteiger partial charge in [0.1, 0.15) is 29.9 Å². The van der Waals surface area contributed by atoms with Crippen LogP contribution >= 0.6 is 0 Å². The first kappa shape index (κ1) is 27.1. The Morgan fingerprint density at radius 3 is 2.42 bits per heavy atom. The highest BCUT2D eigenvalue weighted by molar-refractivity contribution is 5.55. The van der Waals surface area contributed by atoms with Crippen LogP contribution in [0, 0.1) is 17.0 Å². The van der Waals surface area contributed by atoms with E-state index in [1.165, 1.54) is 60.1 Å². The Hall–Kier alpha value is -3.04. The van der Waals surface area contributed by atoms with Crippen LogP contribution in [-0.4, -0.2) is 63.5 Å². The zero-order valence-corrected chi connectivity index (χ0v) is 23.1. The van der Waals surface area contributed by atoms with E-state index < -0.39 is 17.2 Å². The summed E-state index contributed by atoms with van der Waals surface area (Å²) in [7, 11) is 0. The molecule has 0 bridgehead atoms. The van der Waals surface area contributed by atoms with Gasteiger partial charge in [0.05, 0.1) is 6.54 Å². The van der Waals surface area contributed by atoms with Gasteiger partial charge in [0.15, 0.2) is 0 Å². The maximum Gasteiger partial charge on any atom is 0.137 e. The number of aromatic nitrogens is 3. The predicted octanol–water partition coefficient (Wildman–Crippen LogP) is 5.18. The molecule has 0 amide bonds. The minimum absolute atomic E-state index is 0.0433. The fourth-order valence-corrected chi connectivity index (χ4v) is 7.14. The first-order chi connectivity index (χ1) is 19.4. The molecular formula is C31H40F2N6O. The molecule has 1 unspecified atom stereocenters. The first-order valence-corrected chi connectivity index (χ1v) is 14.7. The van der Waals surface area contributed by atoms with Crippen molar-refractivity contribution in [3.63, 3.8) is 0 Å². The Labute approximate surface area is 235 Å². The largest absolute Gasteiger partial charge is 0.382 e. The third-order valence-corrected chi connectivity index (χ3v) is 9.33. The summed E-state index contributed by atoms with van der Waals surface area (Å²) >= 11 is 0. The molecule has 1 aliphatic carbocycles. The van der Waals surface area contributed by atoms with E-state index in [2.05, 4.69) is 49.5 Å². The predicted molar refractivity (Wildman–Crippen MR) is 152 cm³/mol. The second-order valence-electron chi connectivity index (χ2n) is 12.2. The fourth-order valence-electron chi connectivity index (χ4n) is 7.14. The monoisotopic (exact) mass is 550 g/mol. The number of anilines is 2. The maximum absolute atomic E-state index is 14.9. The summed E-state index contributed by atoms with van der Waals surface area (Å²) in [5.74, 6) is -1.40. The van der Waals surface area contributed by atoms with Gasteiger partial charge in [-0.3, -0.25) is 4.90 Å². The molecule has 3 heterocycles. The molecule has 3 aliphatic rings. The molecule has 3 fully saturated rings. The number of β-amino-alcohol motifs (C(OH)–C–C–N with tert-alkyl or cyclic N) is 1. The summed E-state index contributed by atoms with van der Waals surface area (Å²) in [5.41, 5.74) is 1.25. The Bertz CT molecular complexity index is 1260. The van der Waals surface area contributed by atoms with Crippen molar-refractivity contribution in [1.29, 1.82) is 0 Å². The quantitative estimate of drug-likeness (QED) is 0.403. The molecule has 2 saturated heterocycles. The second kappa shape index (κ2) is 11.4. The third kappa shape index (κ3) is 6.00. The second-order valence-corrected chi connectivity index (χ2v) is 12.2. The van der Waals surface area contributed by atoms with Crippen LogP contribution in [0.5, 0.6) is 0 Å². The van der Waals surface area contributed by atoms with E-state index >= 15 is 0 Å². The van der Waals surface area contributed by atoms with Crippen molar-refractivity contribution in [3.8, 4) is 0 Å². The highest BCUT2D eigenvalue weighted by atomic mass is 19.1. The van der Waals surface area contributed by atoms with Gasteiger partial charge in [-0.2, -0.15) is 5.10 Å². The number of aliphatic hydroxyl groups is 1. The van der Waals surface area contributed by atoms with Crippen LogP contribution in [0.3, 0.4) is 0 Å². The smallest absolute Gasteiger partial charge is 0.137 e. The lowest BCUT2D eigenvalue weighted by Gasteiger charge is -2.39. The summed E-state index contributed by atoms with van der Waals surface area (Å²) in [6.45, 7) is 4.32. The van der Waals surface area contributed by atoms with Crippen LogP contribution in [0.1, 0.15) is 56.9 Å². The highest BCUT2D eigenvalue weighted by Gasteiger charge is 2.44. The van der Waals surface area contributed by atoms with Gasteiger partial charge < -0.3 is 15.3 Å². The molecule has 1 spiro atoms. The molecule has 2 N–H and O–H groups in total. The number of benzene rings is 2. The standard InChI is InChI=1S/C31H40F2N6O/c32-24-4-9-28(29(33)18-24)31(40,21-39-23-34-22-35-39)20-37-17-14-30(19-37)12-10-26(11-13-30)36-25-5-7-27(8-6-25)38-15-2-1-3-16-38/h4-9,18,22-23,26,36,40H,1-3,10-17,19-21H2. The van der Waals surface area contributed by atoms with E-state index in [-0.39, 0.29) is 24.1 Å². The molecule has 3 aromatic rings. The van der Waals surface area contributed by atoms with Gasteiger partial charge >= 0.3 is 0 Å². The van der Waals surface area contributed by atoms with E-state index in [1.807, 2.05) is 0 Å². The SMILES string of the molecule is OC(CN1CCC2(CCC(Nc3ccc(N4CCCCC4)cc3)CC2)C1)(Cn1cncn1)c1ccc(F)cc1F. The first-order valence-electron chi connectivity index (χ1n) is 14.7. The van der Waals surface area contributed by atoms with Crippen molar-refractivity contribution in [1.82, 2.24) is 19.7 Å². The van der Waals surface area contributed by atoms with E-state index in [9.17, 15) is 13.9 Å². The normalized spacial score (nSPS) is 25.3. The number of rotatable bonds is 8. The van der Waals surface area contributed by atoms with Crippen LogP contribution in [-0.2, 0) is 12.1 Å². The Kier molecular flexibility index (Phi) is 7.77. The molecule has 7 nitrogen and oxygen atoms in total. The van der Waals surface area contributed by atoms with Gasteiger partial charge in [0, 0.05) is 55.2 Å². The van der Waals surface area contributed by atoms with Gasteiger partial charge in [0.2, 0.25) is 0 Å². The van der Waals surface area contributed by atoms with Crippen molar-refractivity contribution in [2.45, 2.75) is 69.6 Å². The summed E-state index contributed by atoms with van der Waals surface area (Å²) in [6.07, 6.45) is 12.3. The summed E-state index contributed by atoms with van der Waals surface area (Å²) in [5, 5.41) is 19.7. The number of likely N-dealkylation sites (tertiary alicyclic amines) is 1. The molecule has 2 aromatic carbocycles. The summed E-state index contributed by atoms with van der Waals surface area (Å²) in [4.78, 5) is 8.69. The van der Waals surface area contributed by atoms with Crippen molar-refractivity contribution in [2.24, 2.45) is 5.41 Å². The van der Waals surface area contributed by atoms with E-state index in [0.717, 1.165) is 64.3 Å². The minimum atomic E-state index is -1.56. The number of piperidine rings is 1. The third-order valence-electron chi connectivity index (χ3n) is 9.33. The average Bonchev–Trinajstić information content (AvgIpc) is 3.61. The molecule has 1 atom stereocenters. The lowest BCUT2D eigenvalue weighted by molar-refractivity contribution is -0.0196.